The van der Waals surface area contributed by atoms with Gasteiger partial charge in [0.25, 0.3) is 5.89 Å². The maximum atomic E-state index is 8.98. The van der Waals surface area contributed by atoms with Crippen LogP contribution >= 0.6 is 0 Å². The number of para-hydroxylation sites is 1. The number of fused-ring (bicyclic) bond motifs is 1. The Kier molecular flexibility index (Phi) is 3.13. The van der Waals surface area contributed by atoms with E-state index in [0.717, 1.165) is 16.8 Å². The van der Waals surface area contributed by atoms with Crippen LogP contribution in [0.15, 0.2) is 59.1 Å². The Morgan fingerprint density at radius 1 is 1.13 bits per heavy atom. The zero-order valence-electron chi connectivity index (χ0n) is 12.1. The molecule has 5 heteroatoms. The van der Waals surface area contributed by atoms with Crippen molar-refractivity contribution in [1.82, 2.24) is 10.1 Å². The zero-order valence-corrected chi connectivity index (χ0v) is 12.1. The summed E-state index contributed by atoms with van der Waals surface area (Å²) in [6.45, 7) is 0. The first kappa shape index (κ1) is 13.3. The van der Waals surface area contributed by atoms with Crippen molar-refractivity contribution in [2.45, 2.75) is 6.04 Å². The molecule has 0 aliphatic carbocycles. The highest BCUT2D eigenvalue weighted by Gasteiger charge is 2.20. The van der Waals surface area contributed by atoms with Crippen LogP contribution in [0.4, 0.5) is 5.69 Å². The van der Waals surface area contributed by atoms with E-state index >= 15 is 0 Å². The molecule has 5 nitrogen and oxygen atoms in total. The van der Waals surface area contributed by atoms with Crippen LogP contribution in [0.1, 0.15) is 23.0 Å². The maximum Gasteiger partial charge on any atom is 0.258 e. The topological polar surface area (TPSA) is 74.7 Å². The fourth-order valence-corrected chi connectivity index (χ4v) is 2.54. The zero-order chi connectivity index (χ0) is 15.6. The van der Waals surface area contributed by atoms with Crippen LogP contribution in [0.2, 0.25) is 0 Å². The van der Waals surface area contributed by atoms with Crippen LogP contribution in [-0.4, -0.2) is 10.1 Å². The van der Waals surface area contributed by atoms with Crippen LogP contribution in [0, 0.1) is 11.3 Å². The van der Waals surface area contributed by atoms with Crippen LogP contribution in [0.3, 0.4) is 0 Å². The lowest BCUT2D eigenvalue weighted by Crippen LogP contribution is -2.13. The van der Waals surface area contributed by atoms with E-state index in [1.54, 1.807) is 18.2 Å². The van der Waals surface area contributed by atoms with Gasteiger partial charge in [0.05, 0.1) is 11.6 Å². The van der Waals surface area contributed by atoms with Crippen LogP contribution < -0.4 is 5.32 Å². The van der Waals surface area contributed by atoms with Gasteiger partial charge in [0.2, 0.25) is 0 Å². The van der Waals surface area contributed by atoms with Crippen molar-refractivity contribution in [3.8, 4) is 17.5 Å². The molecule has 1 aromatic heterocycles. The van der Waals surface area contributed by atoms with Crippen LogP contribution in [0.25, 0.3) is 17.5 Å². The van der Waals surface area contributed by atoms with Crippen molar-refractivity contribution in [3.63, 3.8) is 0 Å². The average Bonchev–Trinajstić information content (AvgIpc) is 3.11. The Balaban J connectivity index is 1.63. The van der Waals surface area contributed by atoms with Gasteiger partial charge in [-0.2, -0.15) is 10.2 Å². The summed E-state index contributed by atoms with van der Waals surface area (Å²) in [6, 6.07) is 17.1. The van der Waals surface area contributed by atoms with E-state index in [1.807, 2.05) is 42.5 Å². The van der Waals surface area contributed by atoms with Gasteiger partial charge in [-0.1, -0.05) is 41.6 Å². The number of hydrogen-bond donors (Lipinski definition) is 1. The van der Waals surface area contributed by atoms with E-state index in [9.17, 15) is 0 Å². The van der Waals surface area contributed by atoms with Crippen molar-refractivity contribution < 1.29 is 4.52 Å². The maximum absolute atomic E-state index is 8.98. The molecular weight excluding hydrogens is 288 g/mol. The molecule has 1 aliphatic rings. The number of aromatic nitrogens is 2. The Morgan fingerprint density at radius 3 is 2.96 bits per heavy atom. The Hall–Kier alpha value is -3.39. The van der Waals surface area contributed by atoms with Crippen molar-refractivity contribution >= 4 is 11.8 Å². The molecule has 1 aliphatic heterocycles. The number of anilines is 1. The average molecular weight is 300 g/mol. The minimum absolute atomic E-state index is 0.137. The van der Waals surface area contributed by atoms with Gasteiger partial charge in [0.15, 0.2) is 5.82 Å². The highest BCUT2D eigenvalue weighted by atomic mass is 16.5. The molecule has 2 heterocycles. The molecular formula is C18H12N4O. The number of nitrogens with zero attached hydrogens (tertiary/aromatic N) is 3. The van der Waals surface area contributed by atoms with E-state index in [0.29, 0.717) is 17.3 Å². The first-order valence-electron chi connectivity index (χ1n) is 7.21. The van der Waals surface area contributed by atoms with E-state index in [1.165, 1.54) is 0 Å². The summed E-state index contributed by atoms with van der Waals surface area (Å²) in [6.07, 6.45) is 4.05. The summed E-state index contributed by atoms with van der Waals surface area (Å²) in [5.41, 5.74) is 3.47. The van der Waals surface area contributed by atoms with Gasteiger partial charge in [-0.05, 0) is 29.8 Å². The lowest BCUT2D eigenvalue weighted by molar-refractivity contribution is 0.421. The predicted octanol–water partition coefficient (Wildman–Crippen LogP) is 3.79. The second-order valence-electron chi connectivity index (χ2n) is 5.22. The SMILES string of the molecule is N#Cc1cccc(-c2nc(C3C=Cc4ccccc4N3)no2)c1. The van der Waals surface area contributed by atoms with Gasteiger partial charge in [0, 0.05) is 11.3 Å². The highest BCUT2D eigenvalue weighted by molar-refractivity contribution is 5.71. The summed E-state index contributed by atoms with van der Waals surface area (Å²) in [7, 11) is 0. The first-order valence-corrected chi connectivity index (χ1v) is 7.21. The van der Waals surface area contributed by atoms with Crippen molar-refractivity contribution in [2.75, 3.05) is 5.32 Å². The molecule has 2 aromatic carbocycles. The van der Waals surface area contributed by atoms with E-state index in [-0.39, 0.29) is 6.04 Å². The molecule has 0 fully saturated rings. The predicted molar refractivity (Wildman–Crippen MR) is 86.3 cm³/mol. The van der Waals surface area contributed by atoms with E-state index in [4.69, 9.17) is 9.78 Å². The minimum Gasteiger partial charge on any atom is -0.371 e. The number of rotatable bonds is 2. The number of nitrogens with one attached hydrogen (secondary N) is 1. The second-order valence-corrected chi connectivity index (χ2v) is 5.22. The van der Waals surface area contributed by atoms with Gasteiger partial charge in [0.1, 0.15) is 6.04 Å². The highest BCUT2D eigenvalue weighted by Crippen LogP contribution is 2.29. The first-order chi connectivity index (χ1) is 11.3. The number of hydrogen-bond acceptors (Lipinski definition) is 5. The van der Waals surface area contributed by atoms with Gasteiger partial charge in [-0.25, -0.2) is 0 Å². The fraction of sp³-hybridized carbons (Fsp3) is 0.0556. The lowest BCUT2D eigenvalue weighted by atomic mass is 10.1. The molecule has 0 saturated carbocycles. The normalized spacial score (nSPS) is 15.5. The number of nitriles is 1. The molecule has 0 bridgehead atoms. The van der Waals surface area contributed by atoms with Crippen molar-refractivity contribution in [2.24, 2.45) is 0 Å². The largest absolute Gasteiger partial charge is 0.371 e. The molecule has 110 valence electrons. The smallest absolute Gasteiger partial charge is 0.258 e. The molecule has 1 unspecified atom stereocenters. The third-order valence-electron chi connectivity index (χ3n) is 3.70. The third-order valence-corrected chi connectivity index (χ3v) is 3.70. The van der Waals surface area contributed by atoms with Crippen molar-refractivity contribution in [1.29, 1.82) is 5.26 Å². The summed E-state index contributed by atoms with van der Waals surface area (Å²) >= 11 is 0. The van der Waals surface area contributed by atoms with Crippen molar-refractivity contribution in [3.05, 3.63) is 71.6 Å². The van der Waals surface area contributed by atoms with Gasteiger partial charge in [-0.15, -0.1) is 0 Å². The summed E-state index contributed by atoms with van der Waals surface area (Å²) in [5, 5.41) is 16.4. The Labute approximate surface area is 132 Å². The van der Waals surface area contributed by atoms with E-state index < -0.39 is 0 Å². The Morgan fingerprint density at radius 2 is 2.04 bits per heavy atom. The van der Waals surface area contributed by atoms with Crippen LogP contribution in [-0.2, 0) is 0 Å². The molecule has 23 heavy (non-hydrogen) atoms. The van der Waals surface area contributed by atoms with Gasteiger partial charge < -0.3 is 9.84 Å². The summed E-state index contributed by atoms with van der Waals surface area (Å²) < 4.78 is 5.35. The fourth-order valence-electron chi connectivity index (χ4n) is 2.54. The second kappa shape index (κ2) is 5.43. The molecule has 3 aromatic rings. The lowest BCUT2D eigenvalue weighted by Gasteiger charge is -2.19. The Bertz CT molecular complexity index is 936. The monoisotopic (exact) mass is 300 g/mol. The number of benzene rings is 2. The van der Waals surface area contributed by atoms with E-state index in [2.05, 4.69) is 21.5 Å². The molecule has 1 atom stereocenters. The molecule has 1 N–H and O–H groups in total. The quantitative estimate of drug-likeness (QED) is 0.779. The molecule has 0 spiro atoms. The summed E-state index contributed by atoms with van der Waals surface area (Å²) in [5.74, 6) is 0.972. The summed E-state index contributed by atoms with van der Waals surface area (Å²) in [4.78, 5) is 4.45. The van der Waals surface area contributed by atoms with Gasteiger partial charge in [-0.3, -0.25) is 0 Å². The molecule has 0 saturated heterocycles. The molecule has 0 radical (unpaired) electrons. The van der Waals surface area contributed by atoms with Gasteiger partial charge >= 0.3 is 0 Å². The molecule has 4 rings (SSSR count). The molecule has 0 amide bonds. The standard InChI is InChI=1S/C18H12N4O/c19-11-12-4-3-6-14(10-12)18-21-17(22-23-18)16-9-8-13-5-1-2-7-15(13)20-16/h1-10,16,20H. The van der Waals surface area contributed by atoms with Crippen LogP contribution in [0.5, 0.6) is 0 Å². The minimum atomic E-state index is -0.137. The third kappa shape index (κ3) is 2.47.